The Hall–Kier alpha value is -1.68. The Labute approximate surface area is 102 Å². The van der Waals surface area contributed by atoms with Gasteiger partial charge in [-0.15, -0.1) is 0 Å². The zero-order chi connectivity index (χ0) is 12.8. The Morgan fingerprint density at radius 1 is 1.53 bits per heavy atom. The lowest BCUT2D eigenvalue weighted by Crippen LogP contribution is -2.11. The summed E-state index contributed by atoms with van der Waals surface area (Å²) in [6.45, 7) is 4.02. The summed E-state index contributed by atoms with van der Waals surface area (Å²) in [5, 5.41) is 3.08. The van der Waals surface area contributed by atoms with Gasteiger partial charge in [0.25, 0.3) is 0 Å². The van der Waals surface area contributed by atoms with Crippen LogP contribution in [0.1, 0.15) is 20.3 Å². The molecule has 1 rings (SSSR count). The van der Waals surface area contributed by atoms with E-state index >= 15 is 0 Å². The number of aliphatic imine (C=N–C) groups is 1. The standard InChI is InChI=1S/C13H19N3O/c1-9(17)12-7-11(8-15-3)5-4-6-13(12)16-10(2)14/h4,6-7,15H,5,8H2,1-3H3,(H2,14,16). The molecule has 0 saturated carbocycles. The number of rotatable bonds is 4. The average Bonchev–Trinajstić information content (AvgIpc) is 2.41. The van der Waals surface area contributed by atoms with Gasteiger partial charge in [0, 0.05) is 12.1 Å². The van der Waals surface area contributed by atoms with Crippen LogP contribution in [0.3, 0.4) is 0 Å². The van der Waals surface area contributed by atoms with E-state index in [-0.39, 0.29) is 5.78 Å². The SMILES string of the molecule is CNCC1=CC(C(C)=O)=C(N=C(C)N)C=CC1. The first kappa shape index (κ1) is 13.4. The van der Waals surface area contributed by atoms with E-state index in [9.17, 15) is 4.79 Å². The first-order valence-corrected chi connectivity index (χ1v) is 5.61. The fraction of sp³-hybridized carbons (Fsp3) is 0.385. The van der Waals surface area contributed by atoms with Gasteiger partial charge in [-0.2, -0.15) is 0 Å². The lowest BCUT2D eigenvalue weighted by atomic mass is 10.1. The van der Waals surface area contributed by atoms with E-state index in [0.717, 1.165) is 18.5 Å². The van der Waals surface area contributed by atoms with Crippen molar-refractivity contribution < 1.29 is 4.79 Å². The van der Waals surface area contributed by atoms with Gasteiger partial charge in [0.1, 0.15) is 0 Å². The van der Waals surface area contributed by atoms with Gasteiger partial charge in [0.2, 0.25) is 0 Å². The number of hydrogen-bond acceptors (Lipinski definition) is 3. The Kier molecular flexibility index (Phi) is 4.84. The molecule has 92 valence electrons. The number of Topliss-reactive ketones (excluding diaryl/α,β-unsaturated/α-hetero) is 1. The Morgan fingerprint density at radius 2 is 2.24 bits per heavy atom. The quantitative estimate of drug-likeness (QED) is 0.568. The van der Waals surface area contributed by atoms with Crippen molar-refractivity contribution in [2.75, 3.05) is 13.6 Å². The third-order valence-corrected chi connectivity index (χ3v) is 2.36. The molecule has 0 fully saturated rings. The molecule has 0 aromatic carbocycles. The van der Waals surface area contributed by atoms with Crippen LogP contribution in [0.25, 0.3) is 0 Å². The molecule has 17 heavy (non-hydrogen) atoms. The van der Waals surface area contributed by atoms with Gasteiger partial charge in [-0.25, -0.2) is 4.99 Å². The summed E-state index contributed by atoms with van der Waals surface area (Å²) in [6, 6.07) is 0. The van der Waals surface area contributed by atoms with Gasteiger partial charge in [0.15, 0.2) is 5.78 Å². The topological polar surface area (TPSA) is 67.5 Å². The van der Waals surface area contributed by atoms with E-state index < -0.39 is 0 Å². The van der Waals surface area contributed by atoms with Crippen LogP contribution in [0.5, 0.6) is 0 Å². The van der Waals surface area contributed by atoms with Crippen LogP contribution in [-0.4, -0.2) is 25.2 Å². The fourth-order valence-electron chi connectivity index (χ4n) is 1.67. The second-order valence-corrected chi connectivity index (χ2v) is 4.05. The predicted molar refractivity (Wildman–Crippen MR) is 70.8 cm³/mol. The molecule has 0 unspecified atom stereocenters. The van der Waals surface area contributed by atoms with Crippen molar-refractivity contribution >= 4 is 11.6 Å². The molecule has 4 heteroatoms. The third-order valence-electron chi connectivity index (χ3n) is 2.36. The Morgan fingerprint density at radius 3 is 2.76 bits per heavy atom. The second kappa shape index (κ2) is 6.15. The maximum atomic E-state index is 11.6. The van der Waals surface area contributed by atoms with E-state index in [1.807, 2.05) is 25.3 Å². The molecule has 1 aliphatic rings. The molecule has 0 bridgehead atoms. The van der Waals surface area contributed by atoms with Gasteiger partial charge < -0.3 is 11.1 Å². The highest BCUT2D eigenvalue weighted by molar-refractivity contribution is 5.98. The minimum atomic E-state index is 0.00477. The highest BCUT2D eigenvalue weighted by atomic mass is 16.1. The minimum absolute atomic E-state index is 0.00477. The lowest BCUT2D eigenvalue weighted by Gasteiger charge is -2.04. The molecule has 0 aliphatic heterocycles. The van der Waals surface area contributed by atoms with Crippen molar-refractivity contribution in [2.24, 2.45) is 10.7 Å². The second-order valence-electron chi connectivity index (χ2n) is 4.05. The number of carbonyl (C=O) groups is 1. The van der Waals surface area contributed by atoms with E-state index in [1.165, 1.54) is 0 Å². The maximum absolute atomic E-state index is 11.6. The molecule has 1 aliphatic carbocycles. The van der Waals surface area contributed by atoms with Gasteiger partial charge in [-0.3, -0.25) is 4.79 Å². The van der Waals surface area contributed by atoms with Crippen molar-refractivity contribution in [1.82, 2.24) is 5.32 Å². The van der Waals surface area contributed by atoms with Crippen LogP contribution < -0.4 is 11.1 Å². The van der Waals surface area contributed by atoms with E-state index in [0.29, 0.717) is 17.1 Å². The van der Waals surface area contributed by atoms with Crippen LogP contribution in [-0.2, 0) is 4.79 Å². The summed E-state index contributed by atoms with van der Waals surface area (Å²) >= 11 is 0. The molecule has 0 atom stereocenters. The smallest absolute Gasteiger partial charge is 0.161 e. The van der Waals surface area contributed by atoms with Gasteiger partial charge in [-0.05, 0) is 39.5 Å². The molecule has 0 radical (unpaired) electrons. The average molecular weight is 233 g/mol. The lowest BCUT2D eigenvalue weighted by molar-refractivity contribution is -0.113. The monoisotopic (exact) mass is 233 g/mol. The predicted octanol–water partition coefficient (Wildman–Crippen LogP) is 1.31. The molecule has 4 nitrogen and oxygen atoms in total. The zero-order valence-electron chi connectivity index (χ0n) is 10.6. The highest BCUT2D eigenvalue weighted by Crippen LogP contribution is 2.19. The summed E-state index contributed by atoms with van der Waals surface area (Å²) in [6.07, 6.45) is 6.58. The van der Waals surface area contributed by atoms with Crippen molar-refractivity contribution in [3.05, 3.63) is 35.1 Å². The summed E-state index contributed by atoms with van der Waals surface area (Å²) in [5.74, 6) is 0.457. The third kappa shape index (κ3) is 4.00. The molecular weight excluding hydrogens is 214 g/mol. The fourth-order valence-corrected chi connectivity index (χ4v) is 1.67. The summed E-state index contributed by atoms with van der Waals surface area (Å²) in [4.78, 5) is 15.8. The van der Waals surface area contributed by atoms with E-state index in [2.05, 4.69) is 10.3 Å². The molecule has 0 spiro atoms. The summed E-state index contributed by atoms with van der Waals surface area (Å²) in [5.41, 5.74) is 7.99. The summed E-state index contributed by atoms with van der Waals surface area (Å²) in [7, 11) is 1.88. The van der Waals surface area contributed by atoms with Gasteiger partial charge in [-0.1, -0.05) is 11.6 Å². The number of hydrogen-bond donors (Lipinski definition) is 2. The summed E-state index contributed by atoms with van der Waals surface area (Å²) < 4.78 is 0. The van der Waals surface area contributed by atoms with Crippen molar-refractivity contribution in [3.63, 3.8) is 0 Å². The molecule has 0 heterocycles. The molecule has 0 amide bonds. The van der Waals surface area contributed by atoms with Crippen LogP contribution >= 0.6 is 0 Å². The molecule has 3 N–H and O–H groups in total. The first-order valence-electron chi connectivity index (χ1n) is 5.61. The molecule has 0 aromatic heterocycles. The molecule has 0 saturated heterocycles. The van der Waals surface area contributed by atoms with Crippen LogP contribution in [0.15, 0.2) is 40.1 Å². The van der Waals surface area contributed by atoms with E-state index in [4.69, 9.17) is 5.73 Å². The number of likely N-dealkylation sites (N-methyl/N-ethyl adjacent to an activating group) is 1. The first-order chi connectivity index (χ1) is 8.04. The molecular formula is C13H19N3O. The zero-order valence-corrected chi connectivity index (χ0v) is 10.6. The van der Waals surface area contributed by atoms with Crippen molar-refractivity contribution in [3.8, 4) is 0 Å². The number of amidine groups is 1. The van der Waals surface area contributed by atoms with Gasteiger partial charge >= 0.3 is 0 Å². The van der Waals surface area contributed by atoms with Crippen LogP contribution in [0.2, 0.25) is 0 Å². The number of nitrogens with one attached hydrogen (secondary N) is 1. The number of nitrogens with zero attached hydrogens (tertiary/aromatic N) is 1. The Balaban J connectivity index is 3.22. The number of nitrogens with two attached hydrogens (primary N) is 1. The minimum Gasteiger partial charge on any atom is -0.387 e. The normalized spacial score (nSPS) is 16.9. The molecule has 0 aromatic rings. The number of carbonyl (C=O) groups excluding carboxylic acids is 1. The maximum Gasteiger partial charge on any atom is 0.161 e. The van der Waals surface area contributed by atoms with Gasteiger partial charge in [0.05, 0.1) is 11.5 Å². The van der Waals surface area contributed by atoms with Crippen molar-refractivity contribution in [2.45, 2.75) is 20.3 Å². The van der Waals surface area contributed by atoms with Crippen LogP contribution in [0, 0.1) is 0 Å². The van der Waals surface area contributed by atoms with E-state index in [1.54, 1.807) is 13.8 Å². The highest BCUT2D eigenvalue weighted by Gasteiger charge is 2.11. The number of ketones is 1. The number of allylic oxidation sites excluding steroid dienone is 4. The Bertz CT molecular complexity index is 424. The van der Waals surface area contributed by atoms with Crippen LogP contribution in [0.4, 0.5) is 0 Å². The largest absolute Gasteiger partial charge is 0.387 e. The van der Waals surface area contributed by atoms with Crippen molar-refractivity contribution in [1.29, 1.82) is 0 Å².